The standard InChI is InChI=1S/C21H17N3O3/c25-20-9-13-10-24(11-19(13)22-23-20)21(26)27-12-18-16-7-3-1-5-14(16)15-6-2-4-8-17(15)18/h1-9,18H,10-12H2,(H,23,25). The highest BCUT2D eigenvalue weighted by atomic mass is 16.6. The van der Waals surface area contributed by atoms with E-state index in [0.717, 1.165) is 5.56 Å². The van der Waals surface area contributed by atoms with Crippen LogP contribution in [0.3, 0.4) is 0 Å². The van der Waals surface area contributed by atoms with Crippen LogP contribution >= 0.6 is 0 Å². The van der Waals surface area contributed by atoms with Crippen molar-refractivity contribution in [2.75, 3.05) is 6.61 Å². The lowest BCUT2D eigenvalue weighted by molar-refractivity contribution is 0.0988. The fraction of sp³-hybridized carbons (Fsp3) is 0.190. The summed E-state index contributed by atoms with van der Waals surface area (Å²) in [6.45, 7) is 0.984. The Hall–Kier alpha value is -3.41. The number of hydrogen-bond donors (Lipinski definition) is 1. The summed E-state index contributed by atoms with van der Waals surface area (Å²) in [4.78, 5) is 25.5. The largest absolute Gasteiger partial charge is 0.448 e. The smallest absolute Gasteiger partial charge is 0.410 e. The Morgan fingerprint density at radius 3 is 2.44 bits per heavy atom. The molecule has 1 aromatic heterocycles. The number of hydrogen-bond acceptors (Lipinski definition) is 4. The van der Waals surface area contributed by atoms with Gasteiger partial charge < -0.3 is 4.74 Å². The minimum Gasteiger partial charge on any atom is -0.448 e. The summed E-state index contributed by atoms with van der Waals surface area (Å²) in [7, 11) is 0. The zero-order valence-corrected chi connectivity index (χ0v) is 14.5. The number of nitrogens with zero attached hydrogens (tertiary/aromatic N) is 2. The Labute approximate surface area is 155 Å². The lowest BCUT2D eigenvalue weighted by Gasteiger charge is -2.18. The second-order valence-electron chi connectivity index (χ2n) is 6.86. The fourth-order valence-corrected chi connectivity index (χ4v) is 4.00. The molecule has 6 heteroatoms. The molecule has 0 saturated carbocycles. The van der Waals surface area contributed by atoms with E-state index in [4.69, 9.17) is 4.74 Å². The van der Waals surface area contributed by atoms with Crippen LogP contribution in [-0.4, -0.2) is 27.8 Å². The molecule has 2 heterocycles. The van der Waals surface area contributed by atoms with Crippen molar-refractivity contribution in [3.8, 4) is 11.1 Å². The lowest BCUT2D eigenvalue weighted by atomic mass is 9.98. The second-order valence-corrected chi connectivity index (χ2v) is 6.86. The van der Waals surface area contributed by atoms with Gasteiger partial charge in [-0.05, 0) is 22.3 Å². The number of carbonyl (C=O) groups is 1. The first-order valence-corrected chi connectivity index (χ1v) is 8.88. The van der Waals surface area contributed by atoms with Crippen molar-refractivity contribution in [3.63, 3.8) is 0 Å². The Bertz CT molecular complexity index is 1060. The minimum atomic E-state index is -0.387. The minimum absolute atomic E-state index is 0.0334. The summed E-state index contributed by atoms with van der Waals surface area (Å²) in [5, 5.41) is 6.41. The van der Waals surface area contributed by atoms with E-state index in [1.165, 1.54) is 28.3 Å². The van der Waals surface area contributed by atoms with Gasteiger partial charge in [-0.2, -0.15) is 5.10 Å². The molecule has 0 fully saturated rings. The number of benzene rings is 2. The van der Waals surface area contributed by atoms with Crippen molar-refractivity contribution in [1.82, 2.24) is 15.1 Å². The van der Waals surface area contributed by atoms with E-state index < -0.39 is 0 Å². The molecule has 134 valence electrons. The highest BCUT2D eigenvalue weighted by Gasteiger charge is 2.31. The third kappa shape index (κ3) is 2.61. The summed E-state index contributed by atoms with van der Waals surface area (Å²) in [6.07, 6.45) is -0.387. The van der Waals surface area contributed by atoms with Crippen LogP contribution in [0.1, 0.15) is 28.3 Å². The maximum atomic E-state index is 12.6. The third-order valence-electron chi connectivity index (χ3n) is 5.27. The van der Waals surface area contributed by atoms with Gasteiger partial charge in [0.1, 0.15) is 6.61 Å². The molecule has 1 N–H and O–H groups in total. The van der Waals surface area contributed by atoms with Crippen molar-refractivity contribution in [2.45, 2.75) is 19.0 Å². The highest BCUT2D eigenvalue weighted by molar-refractivity contribution is 5.79. The van der Waals surface area contributed by atoms with Gasteiger partial charge in [-0.1, -0.05) is 48.5 Å². The molecule has 2 aliphatic rings. The average molecular weight is 359 g/mol. The van der Waals surface area contributed by atoms with Crippen LogP contribution in [0, 0.1) is 0 Å². The SMILES string of the molecule is O=C(OCC1c2ccccc2-c2ccccc21)N1Cc2cc(=O)[nH]nc2C1. The molecule has 1 aliphatic carbocycles. The zero-order valence-electron chi connectivity index (χ0n) is 14.5. The van der Waals surface area contributed by atoms with E-state index in [1.54, 1.807) is 4.90 Å². The zero-order chi connectivity index (χ0) is 18.4. The molecule has 6 nitrogen and oxygen atoms in total. The number of H-pyrrole nitrogens is 1. The first-order chi connectivity index (χ1) is 13.2. The molecule has 2 aromatic carbocycles. The van der Waals surface area contributed by atoms with Crippen molar-refractivity contribution in [3.05, 3.63) is 87.3 Å². The molecule has 5 rings (SSSR count). The van der Waals surface area contributed by atoms with Gasteiger partial charge >= 0.3 is 6.09 Å². The predicted molar refractivity (Wildman–Crippen MR) is 99.2 cm³/mol. The quantitative estimate of drug-likeness (QED) is 0.763. The Balaban J connectivity index is 1.34. The van der Waals surface area contributed by atoms with Crippen LogP contribution in [-0.2, 0) is 17.8 Å². The Morgan fingerprint density at radius 1 is 1.07 bits per heavy atom. The number of carbonyl (C=O) groups excluding carboxylic acids is 1. The first kappa shape index (κ1) is 15.8. The topological polar surface area (TPSA) is 75.3 Å². The van der Waals surface area contributed by atoms with E-state index in [2.05, 4.69) is 34.5 Å². The normalized spacial score (nSPS) is 14.6. The van der Waals surface area contributed by atoms with E-state index in [0.29, 0.717) is 18.8 Å². The second kappa shape index (κ2) is 6.09. The molecule has 0 unspecified atom stereocenters. The number of rotatable bonds is 2. The molecule has 0 atom stereocenters. The van der Waals surface area contributed by atoms with Gasteiger partial charge in [-0.15, -0.1) is 0 Å². The van der Waals surface area contributed by atoms with Crippen LogP contribution in [0.5, 0.6) is 0 Å². The van der Waals surface area contributed by atoms with E-state index in [9.17, 15) is 9.59 Å². The van der Waals surface area contributed by atoms with E-state index in [1.807, 2.05) is 24.3 Å². The van der Waals surface area contributed by atoms with Crippen molar-refractivity contribution in [1.29, 1.82) is 0 Å². The average Bonchev–Trinajstić information content (AvgIpc) is 3.25. The Kier molecular flexibility index (Phi) is 3.57. The Morgan fingerprint density at radius 2 is 1.74 bits per heavy atom. The van der Waals surface area contributed by atoms with Crippen molar-refractivity contribution in [2.24, 2.45) is 0 Å². The predicted octanol–water partition coefficient (Wildman–Crippen LogP) is 3.03. The van der Waals surface area contributed by atoms with Gasteiger partial charge in [-0.3, -0.25) is 9.69 Å². The maximum Gasteiger partial charge on any atom is 0.410 e. The molecule has 1 amide bonds. The monoisotopic (exact) mass is 359 g/mol. The van der Waals surface area contributed by atoms with Crippen LogP contribution < -0.4 is 5.56 Å². The molecule has 0 radical (unpaired) electrons. The lowest BCUT2D eigenvalue weighted by Crippen LogP contribution is -2.27. The molecular formula is C21H17N3O3. The van der Waals surface area contributed by atoms with Gasteiger partial charge in [0, 0.05) is 17.5 Å². The number of fused-ring (bicyclic) bond motifs is 4. The molecule has 1 aliphatic heterocycles. The van der Waals surface area contributed by atoms with Gasteiger partial charge in [0.15, 0.2) is 0 Å². The van der Waals surface area contributed by atoms with Gasteiger partial charge in [0.2, 0.25) is 0 Å². The number of aromatic amines is 1. The third-order valence-corrected chi connectivity index (χ3v) is 5.27. The summed E-state index contributed by atoms with van der Waals surface area (Å²) in [5.41, 5.74) is 5.99. The summed E-state index contributed by atoms with van der Waals surface area (Å²) >= 11 is 0. The number of nitrogens with one attached hydrogen (secondary N) is 1. The molecule has 3 aromatic rings. The highest BCUT2D eigenvalue weighted by Crippen LogP contribution is 2.44. The molecule has 0 bridgehead atoms. The van der Waals surface area contributed by atoms with E-state index >= 15 is 0 Å². The summed E-state index contributed by atoms with van der Waals surface area (Å²) in [6, 6.07) is 18.0. The summed E-state index contributed by atoms with van der Waals surface area (Å²) in [5.74, 6) is 0.0334. The van der Waals surface area contributed by atoms with Crippen LogP contribution in [0.4, 0.5) is 4.79 Å². The van der Waals surface area contributed by atoms with Crippen molar-refractivity contribution < 1.29 is 9.53 Å². The number of aromatic nitrogens is 2. The van der Waals surface area contributed by atoms with E-state index in [-0.39, 0.29) is 24.2 Å². The molecular weight excluding hydrogens is 342 g/mol. The first-order valence-electron chi connectivity index (χ1n) is 8.88. The maximum absolute atomic E-state index is 12.6. The van der Waals surface area contributed by atoms with Crippen LogP contribution in [0.25, 0.3) is 11.1 Å². The van der Waals surface area contributed by atoms with Crippen LogP contribution in [0.2, 0.25) is 0 Å². The van der Waals surface area contributed by atoms with Gasteiger partial charge in [-0.25, -0.2) is 9.89 Å². The molecule has 0 saturated heterocycles. The number of amides is 1. The summed E-state index contributed by atoms with van der Waals surface area (Å²) < 4.78 is 5.66. The molecule has 27 heavy (non-hydrogen) atoms. The van der Waals surface area contributed by atoms with Crippen molar-refractivity contribution >= 4 is 6.09 Å². The number of ether oxygens (including phenoxy) is 1. The molecule has 0 spiro atoms. The fourth-order valence-electron chi connectivity index (χ4n) is 4.00. The van der Waals surface area contributed by atoms with Gasteiger partial charge in [0.05, 0.1) is 18.8 Å². The van der Waals surface area contributed by atoms with Crippen LogP contribution in [0.15, 0.2) is 59.4 Å². The van der Waals surface area contributed by atoms with Gasteiger partial charge in [0.25, 0.3) is 5.56 Å².